The summed E-state index contributed by atoms with van der Waals surface area (Å²) in [7, 11) is -4.96. The standard InChI is InChI=1S/C15H21ClN5O8P/c1-2-28-13(24)14(30(25,26)27)29-4-6-3-7(10(23)9(6)22)21-5-18-8-11(17)19-15(16)20-12(8)21/h5-7,9-10,14,22-23H,2-4H2,1H3,(H2,17,19,20)(H2,25,26,27)/t6-,7-,9-,10+,14+/m1/s1. The molecule has 1 aliphatic rings. The number of fused-ring (bicyclic) bond motifs is 1. The van der Waals surface area contributed by atoms with Gasteiger partial charge in [0.05, 0.1) is 31.7 Å². The highest BCUT2D eigenvalue weighted by atomic mass is 35.5. The van der Waals surface area contributed by atoms with Crippen LogP contribution in [0.2, 0.25) is 5.28 Å². The fourth-order valence-corrected chi connectivity index (χ4v) is 4.22. The Bertz CT molecular complexity index is 983. The van der Waals surface area contributed by atoms with E-state index in [1.165, 1.54) is 17.8 Å². The molecule has 5 atom stereocenters. The summed E-state index contributed by atoms with van der Waals surface area (Å²) in [5, 5.41) is 20.8. The lowest BCUT2D eigenvalue weighted by molar-refractivity contribution is -0.153. The molecule has 15 heteroatoms. The second-order valence-corrected chi connectivity index (χ2v) is 8.76. The first-order valence-corrected chi connectivity index (χ1v) is 11.0. The summed E-state index contributed by atoms with van der Waals surface area (Å²) in [6, 6.07) is -0.708. The van der Waals surface area contributed by atoms with Crippen LogP contribution in [0.1, 0.15) is 19.4 Å². The summed E-state index contributed by atoms with van der Waals surface area (Å²) in [5.74, 6) is -4.03. The maximum Gasteiger partial charge on any atom is 0.365 e. The quantitative estimate of drug-likeness (QED) is 0.198. The molecule has 0 saturated heterocycles. The third-order valence-electron chi connectivity index (χ3n) is 4.81. The first-order valence-electron chi connectivity index (χ1n) is 8.89. The van der Waals surface area contributed by atoms with Crippen LogP contribution in [0, 0.1) is 5.92 Å². The van der Waals surface area contributed by atoms with E-state index in [1.807, 2.05) is 0 Å². The Morgan fingerprint density at radius 1 is 1.40 bits per heavy atom. The maximum absolute atomic E-state index is 11.8. The van der Waals surface area contributed by atoms with Gasteiger partial charge in [0.1, 0.15) is 11.6 Å². The zero-order valence-electron chi connectivity index (χ0n) is 15.7. The van der Waals surface area contributed by atoms with Crippen molar-refractivity contribution in [1.29, 1.82) is 0 Å². The predicted molar refractivity (Wildman–Crippen MR) is 102 cm³/mol. The first-order chi connectivity index (χ1) is 14.0. The number of hydrogen-bond donors (Lipinski definition) is 5. The minimum absolute atomic E-state index is 0.0515. The van der Waals surface area contributed by atoms with Crippen LogP contribution in [-0.2, 0) is 18.8 Å². The molecule has 0 bridgehead atoms. The number of esters is 1. The van der Waals surface area contributed by atoms with Gasteiger partial charge in [-0.3, -0.25) is 4.57 Å². The number of carbonyl (C=O) groups excluding carboxylic acids is 1. The van der Waals surface area contributed by atoms with Crippen molar-refractivity contribution in [1.82, 2.24) is 19.5 Å². The highest BCUT2D eigenvalue weighted by Gasteiger charge is 2.45. The van der Waals surface area contributed by atoms with Gasteiger partial charge in [0.2, 0.25) is 5.28 Å². The molecule has 0 spiro atoms. The number of aliphatic hydroxyl groups is 2. The molecular weight excluding hydrogens is 445 g/mol. The third-order valence-corrected chi connectivity index (χ3v) is 5.95. The average Bonchev–Trinajstić information content (AvgIpc) is 3.17. The number of aliphatic hydroxyl groups excluding tert-OH is 2. The number of anilines is 1. The van der Waals surface area contributed by atoms with E-state index < -0.39 is 50.2 Å². The van der Waals surface area contributed by atoms with E-state index >= 15 is 0 Å². The number of nitrogen functional groups attached to an aromatic ring is 1. The van der Waals surface area contributed by atoms with Crippen molar-refractivity contribution in [3.8, 4) is 0 Å². The van der Waals surface area contributed by atoms with Gasteiger partial charge in [-0.2, -0.15) is 9.97 Å². The minimum Gasteiger partial charge on any atom is -0.464 e. The van der Waals surface area contributed by atoms with Crippen molar-refractivity contribution in [2.45, 2.75) is 37.4 Å². The minimum atomic E-state index is -4.96. The molecule has 13 nitrogen and oxygen atoms in total. The van der Waals surface area contributed by atoms with Gasteiger partial charge in [0, 0.05) is 5.92 Å². The maximum atomic E-state index is 11.8. The Morgan fingerprint density at radius 3 is 2.73 bits per heavy atom. The number of rotatable bonds is 7. The molecule has 1 saturated carbocycles. The first kappa shape index (κ1) is 22.8. The smallest absolute Gasteiger partial charge is 0.365 e. The summed E-state index contributed by atoms with van der Waals surface area (Å²) in [5.41, 5.74) is 6.29. The second-order valence-electron chi connectivity index (χ2n) is 6.77. The van der Waals surface area contributed by atoms with Gasteiger partial charge in [0.25, 0.3) is 5.85 Å². The van der Waals surface area contributed by atoms with Crippen LogP contribution in [0.15, 0.2) is 6.33 Å². The number of nitrogens with two attached hydrogens (primary N) is 1. The van der Waals surface area contributed by atoms with E-state index in [0.717, 1.165) is 0 Å². The van der Waals surface area contributed by atoms with E-state index in [4.69, 9.17) is 22.1 Å². The van der Waals surface area contributed by atoms with Gasteiger partial charge in [-0.1, -0.05) is 0 Å². The predicted octanol–water partition coefficient (Wildman–Crippen LogP) is -0.572. The van der Waals surface area contributed by atoms with Gasteiger partial charge < -0.3 is 39.8 Å². The van der Waals surface area contributed by atoms with Crippen LogP contribution < -0.4 is 5.73 Å². The second kappa shape index (κ2) is 8.71. The largest absolute Gasteiger partial charge is 0.464 e. The van der Waals surface area contributed by atoms with Crippen molar-refractivity contribution >= 4 is 42.1 Å². The van der Waals surface area contributed by atoms with E-state index in [2.05, 4.69) is 19.7 Å². The van der Waals surface area contributed by atoms with Gasteiger partial charge in [0.15, 0.2) is 11.5 Å². The molecule has 2 heterocycles. The SMILES string of the molecule is CCOC(=O)[C@@H](OC[C@H]1C[C@@H](n2cnc3c(N)nc(Cl)nc32)[C@H](O)[C@@H]1O)P(=O)(O)O. The van der Waals surface area contributed by atoms with Crippen molar-refractivity contribution in [2.75, 3.05) is 18.9 Å². The highest BCUT2D eigenvalue weighted by molar-refractivity contribution is 7.53. The van der Waals surface area contributed by atoms with Gasteiger partial charge in [-0.05, 0) is 24.9 Å². The van der Waals surface area contributed by atoms with E-state index in [9.17, 15) is 29.4 Å². The molecule has 1 fully saturated rings. The van der Waals surface area contributed by atoms with E-state index in [1.54, 1.807) is 0 Å². The molecule has 3 rings (SSSR count). The third kappa shape index (κ3) is 4.42. The van der Waals surface area contributed by atoms with Gasteiger partial charge in [-0.25, -0.2) is 9.78 Å². The topological polar surface area (TPSA) is 203 Å². The van der Waals surface area contributed by atoms with Gasteiger partial charge in [-0.15, -0.1) is 0 Å². The number of halogens is 1. The highest BCUT2D eigenvalue weighted by Crippen LogP contribution is 2.44. The Labute approximate surface area is 175 Å². The fourth-order valence-electron chi connectivity index (χ4n) is 3.42. The summed E-state index contributed by atoms with van der Waals surface area (Å²) in [6.45, 7) is 0.981. The summed E-state index contributed by atoms with van der Waals surface area (Å²) in [4.78, 5) is 42.5. The summed E-state index contributed by atoms with van der Waals surface area (Å²) >= 11 is 5.84. The lowest BCUT2D eigenvalue weighted by Crippen LogP contribution is -2.33. The molecule has 2 aromatic heterocycles. The number of nitrogens with zero attached hydrogens (tertiary/aromatic N) is 4. The fraction of sp³-hybridized carbons (Fsp3) is 0.600. The molecule has 2 aromatic rings. The van der Waals surface area contributed by atoms with Crippen LogP contribution in [-0.4, -0.2) is 76.8 Å². The van der Waals surface area contributed by atoms with Crippen LogP contribution in [0.25, 0.3) is 11.2 Å². The normalized spacial score (nSPS) is 25.5. The monoisotopic (exact) mass is 465 g/mol. The van der Waals surface area contributed by atoms with Crippen LogP contribution in [0.5, 0.6) is 0 Å². The lowest BCUT2D eigenvalue weighted by Gasteiger charge is -2.21. The van der Waals surface area contributed by atoms with Crippen molar-refractivity contribution in [3.63, 3.8) is 0 Å². The van der Waals surface area contributed by atoms with Crippen LogP contribution in [0.4, 0.5) is 5.82 Å². The number of aromatic nitrogens is 4. The Kier molecular flexibility index (Phi) is 6.63. The van der Waals surface area contributed by atoms with Crippen molar-refractivity contribution in [2.24, 2.45) is 5.92 Å². The zero-order chi connectivity index (χ0) is 22.2. The molecule has 166 valence electrons. The van der Waals surface area contributed by atoms with E-state index in [-0.39, 0.29) is 35.3 Å². The van der Waals surface area contributed by atoms with Gasteiger partial charge >= 0.3 is 13.6 Å². The molecule has 0 radical (unpaired) electrons. The molecule has 30 heavy (non-hydrogen) atoms. The molecule has 0 amide bonds. The molecule has 0 unspecified atom stereocenters. The molecule has 6 N–H and O–H groups in total. The zero-order valence-corrected chi connectivity index (χ0v) is 17.3. The molecule has 0 aliphatic heterocycles. The number of hydrogen-bond acceptors (Lipinski definition) is 10. The Morgan fingerprint density at radius 2 is 2.10 bits per heavy atom. The van der Waals surface area contributed by atoms with Crippen molar-refractivity contribution in [3.05, 3.63) is 11.6 Å². The Balaban J connectivity index is 1.79. The number of imidazole rings is 1. The summed E-state index contributed by atoms with van der Waals surface area (Å²) < 4.78 is 22.8. The van der Waals surface area contributed by atoms with E-state index in [0.29, 0.717) is 0 Å². The summed E-state index contributed by atoms with van der Waals surface area (Å²) in [6.07, 6.45) is -1.08. The van der Waals surface area contributed by atoms with Crippen LogP contribution >= 0.6 is 19.2 Å². The molecular formula is C15H21ClN5O8P. The average molecular weight is 466 g/mol. The van der Waals surface area contributed by atoms with Crippen molar-refractivity contribution < 1.29 is 38.8 Å². The number of carbonyl (C=O) groups is 1. The number of ether oxygens (including phenoxy) is 2. The van der Waals surface area contributed by atoms with Crippen LogP contribution in [0.3, 0.4) is 0 Å². The molecule has 0 aromatic carbocycles. The molecule has 1 aliphatic carbocycles. The Hall–Kier alpha value is -1.86. The lowest BCUT2D eigenvalue weighted by atomic mass is 10.1.